The number of hydrazine groups is 2. The molecule has 9 heavy (non-hydrogen) atoms. The first kappa shape index (κ1) is 5.83. The van der Waals surface area contributed by atoms with Crippen LogP contribution in [0.4, 0.5) is 0 Å². The van der Waals surface area contributed by atoms with Crippen molar-refractivity contribution in [1.82, 2.24) is 21.8 Å². The number of nitrogens with zero attached hydrogens (tertiary/aromatic N) is 1. The maximum atomic E-state index is 10.3. The number of carbonyl (C=O) groups excluding carboxylic acids is 1. The lowest BCUT2D eigenvalue weighted by Crippen LogP contribution is -2.42. The third-order valence-electron chi connectivity index (χ3n) is 0.699. The van der Waals surface area contributed by atoms with Crippen LogP contribution in [0, 0.1) is 0 Å². The van der Waals surface area contributed by atoms with Crippen molar-refractivity contribution in [1.29, 1.82) is 0 Å². The topological polar surface area (TPSA) is 77.5 Å². The number of carbonyl (C=O) groups is 1. The summed E-state index contributed by atoms with van der Waals surface area (Å²) >= 11 is 0. The zero-order valence-electron chi connectivity index (χ0n) is 4.86. The first-order valence-corrected chi connectivity index (χ1v) is 2.40. The Kier molecular flexibility index (Phi) is 1.50. The van der Waals surface area contributed by atoms with Gasteiger partial charge in [0, 0.05) is 9.78 Å². The Balaban J connectivity index is 0. The van der Waals surface area contributed by atoms with Crippen LogP contribution in [0.2, 0.25) is 0 Å². The van der Waals surface area contributed by atoms with Gasteiger partial charge in [-0.25, -0.2) is 5.53 Å². The summed E-state index contributed by atoms with van der Waals surface area (Å²) in [7, 11) is 0. The van der Waals surface area contributed by atoms with Gasteiger partial charge in [-0.2, -0.15) is 0 Å². The Hall–Kier alpha value is -1.30. The van der Waals surface area contributed by atoms with Gasteiger partial charge < -0.3 is 0 Å². The van der Waals surface area contributed by atoms with Crippen LogP contribution in [0.15, 0.2) is 5.10 Å². The Morgan fingerprint density at radius 2 is 2.67 bits per heavy atom. The highest BCUT2D eigenvalue weighted by Crippen LogP contribution is 1.68. The van der Waals surface area contributed by atoms with Gasteiger partial charge in [0.2, 0.25) is 11.9 Å². The number of hydrogen-bond donors (Lipinski definition) is 4. The van der Waals surface area contributed by atoms with Crippen LogP contribution in [0.5, 0.6) is 0 Å². The van der Waals surface area contributed by atoms with E-state index in [4.69, 9.17) is 0 Å². The van der Waals surface area contributed by atoms with E-state index in [1.165, 1.54) is 6.92 Å². The first-order valence-electron chi connectivity index (χ1n) is 2.40. The van der Waals surface area contributed by atoms with E-state index in [0.29, 0.717) is 5.96 Å². The molecule has 1 aliphatic rings. The Bertz CT molecular complexity index is 160. The number of hydrazone groups is 1. The summed E-state index contributed by atoms with van der Waals surface area (Å²) in [6.45, 7) is 1.41. The van der Waals surface area contributed by atoms with Crippen molar-refractivity contribution >= 4 is 11.9 Å². The van der Waals surface area contributed by atoms with Gasteiger partial charge in [-0.15, -0.1) is 10.6 Å². The molecule has 6 heteroatoms. The fraction of sp³-hybridized carbons (Fsp3) is 0.333. The fourth-order valence-corrected chi connectivity index (χ4v) is 0.425. The molecule has 0 aromatic heterocycles. The molecule has 0 saturated heterocycles. The lowest BCUT2D eigenvalue weighted by molar-refractivity contribution is -0.117. The predicted molar refractivity (Wildman–Crippen MR) is 34.9 cm³/mol. The molecule has 1 heterocycles. The van der Waals surface area contributed by atoms with Crippen LogP contribution in [-0.2, 0) is 4.79 Å². The Labute approximate surface area is 54.6 Å². The van der Waals surface area contributed by atoms with E-state index in [-0.39, 0.29) is 8.76 Å². The van der Waals surface area contributed by atoms with Crippen molar-refractivity contribution < 1.29 is 7.65 Å². The summed E-state index contributed by atoms with van der Waals surface area (Å²) in [5, 5.41) is 6.00. The molecule has 0 aromatic rings. The molecule has 6 nitrogen and oxygen atoms in total. The minimum absolute atomic E-state index is 0. The van der Waals surface area contributed by atoms with Gasteiger partial charge in [-0.3, -0.25) is 15.5 Å². The second-order valence-electron chi connectivity index (χ2n) is 1.50. The molecule has 0 unspecified atom stereocenters. The molecular formula is C3H11N5O. The van der Waals surface area contributed by atoms with Gasteiger partial charge in [-0.05, 0) is 0 Å². The van der Waals surface area contributed by atoms with Crippen molar-refractivity contribution in [2.45, 2.75) is 6.92 Å². The van der Waals surface area contributed by atoms with Crippen LogP contribution < -0.4 is 21.8 Å². The van der Waals surface area contributed by atoms with E-state index in [1.54, 1.807) is 0 Å². The Morgan fingerprint density at radius 1 is 1.89 bits per heavy atom. The lowest BCUT2D eigenvalue weighted by atomic mass is 10.7. The van der Waals surface area contributed by atoms with E-state index < -0.39 is 0 Å². The molecule has 0 bridgehead atoms. The molecule has 0 radical (unpaired) electrons. The maximum absolute atomic E-state index is 10.3. The number of nitrogens with one attached hydrogen (secondary N) is 4. The zero-order valence-corrected chi connectivity index (χ0v) is 4.86. The van der Waals surface area contributed by atoms with Gasteiger partial charge in [0.15, 0.2) is 0 Å². The summed E-state index contributed by atoms with van der Waals surface area (Å²) in [5.41, 5.74) is 7.39. The molecule has 1 amide bonds. The molecule has 0 aromatic carbocycles. The van der Waals surface area contributed by atoms with Gasteiger partial charge in [-0.1, -0.05) is 0 Å². The maximum Gasteiger partial charge on any atom is 0.237 e. The predicted octanol–water partition coefficient (Wildman–Crippen LogP) is -1.50. The van der Waals surface area contributed by atoms with E-state index in [9.17, 15) is 4.79 Å². The second kappa shape index (κ2) is 2.31. The third-order valence-corrected chi connectivity index (χ3v) is 0.699. The molecule has 0 aliphatic carbocycles. The van der Waals surface area contributed by atoms with E-state index in [0.717, 1.165) is 0 Å². The van der Waals surface area contributed by atoms with Crippen molar-refractivity contribution in [2.75, 3.05) is 0 Å². The summed E-state index contributed by atoms with van der Waals surface area (Å²) in [5.74, 6) is 0.217. The molecular weight excluding hydrogens is 122 g/mol. The smallest absolute Gasteiger partial charge is 0.237 e. The molecule has 0 spiro atoms. The molecule has 54 valence electrons. The van der Waals surface area contributed by atoms with Gasteiger partial charge in [0.05, 0.1) is 0 Å². The molecule has 1 rings (SSSR count). The molecule has 0 fully saturated rings. The lowest BCUT2D eigenvalue weighted by Gasteiger charge is -1.97. The first-order chi connectivity index (χ1) is 4.29. The summed E-state index contributed by atoms with van der Waals surface area (Å²) in [6.07, 6.45) is 0. The minimum Gasteiger partial charge on any atom is -0.294 e. The van der Waals surface area contributed by atoms with E-state index in [1.807, 2.05) is 0 Å². The van der Waals surface area contributed by atoms with Crippen molar-refractivity contribution in [3.8, 4) is 0 Å². The highest BCUT2D eigenvalue weighted by molar-refractivity contribution is 5.95. The average molecular weight is 133 g/mol. The Morgan fingerprint density at radius 3 is 3.11 bits per heavy atom. The van der Waals surface area contributed by atoms with Gasteiger partial charge >= 0.3 is 0 Å². The van der Waals surface area contributed by atoms with Crippen molar-refractivity contribution in [3.63, 3.8) is 0 Å². The molecule has 1 aliphatic heterocycles. The molecule has 4 N–H and O–H groups in total. The SMILES string of the molecule is CC(=O)NC1=NNNN1.[HH].[HH]. The van der Waals surface area contributed by atoms with Crippen LogP contribution >= 0.6 is 0 Å². The standard InChI is InChI=1S/C3H7N5O.2H2/c1-2(9)4-3-5-7-8-6-3;;/h7-8H,1H3,(H2,4,5,6,9);2*1H. The zero-order chi connectivity index (χ0) is 6.69. The summed E-state index contributed by atoms with van der Waals surface area (Å²) in [6, 6.07) is 0. The average Bonchev–Trinajstić information content (AvgIpc) is 2.15. The van der Waals surface area contributed by atoms with Gasteiger partial charge in [0.25, 0.3) is 0 Å². The summed E-state index contributed by atoms with van der Waals surface area (Å²) < 4.78 is 0. The number of hydrogen-bond acceptors (Lipinski definition) is 5. The van der Waals surface area contributed by atoms with Crippen LogP contribution in [0.1, 0.15) is 9.78 Å². The van der Waals surface area contributed by atoms with Crippen molar-refractivity contribution in [3.05, 3.63) is 0 Å². The monoisotopic (exact) mass is 133 g/mol. The normalized spacial score (nSPS) is 15.4. The quantitative estimate of drug-likeness (QED) is 0.324. The van der Waals surface area contributed by atoms with Crippen LogP contribution in [0.25, 0.3) is 0 Å². The van der Waals surface area contributed by atoms with E-state index in [2.05, 4.69) is 26.9 Å². The number of guanidine groups is 1. The number of rotatable bonds is 0. The summed E-state index contributed by atoms with van der Waals surface area (Å²) in [4.78, 5) is 10.3. The highest BCUT2D eigenvalue weighted by Gasteiger charge is 2.03. The van der Waals surface area contributed by atoms with Gasteiger partial charge in [0.1, 0.15) is 0 Å². The third kappa shape index (κ3) is 1.57. The van der Waals surface area contributed by atoms with Crippen LogP contribution in [-0.4, -0.2) is 11.9 Å². The highest BCUT2D eigenvalue weighted by atomic mass is 16.1. The molecule has 0 atom stereocenters. The van der Waals surface area contributed by atoms with Crippen LogP contribution in [0.3, 0.4) is 0 Å². The number of amides is 1. The second-order valence-corrected chi connectivity index (χ2v) is 1.50. The fourth-order valence-electron chi connectivity index (χ4n) is 0.425. The molecule has 0 saturated carbocycles. The van der Waals surface area contributed by atoms with E-state index >= 15 is 0 Å². The van der Waals surface area contributed by atoms with Crippen molar-refractivity contribution in [2.24, 2.45) is 5.10 Å². The minimum atomic E-state index is -0.160. The largest absolute Gasteiger partial charge is 0.294 e.